The minimum Gasteiger partial charge on any atom is -0.398 e. The molecule has 0 atom stereocenters. The van der Waals surface area contributed by atoms with Crippen molar-refractivity contribution >= 4 is 44.5 Å². The smallest absolute Gasteiger partial charge is 0.169 e. The average Bonchev–Trinajstić information content (AvgIpc) is 3.50. The number of nitrogens with two attached hydrogens (primary N) is 2. The molecule has 4 nitrogen and oxygen atoms in total. The molecule has 0 unspecified atom stereocenters. The van der Waals surface area contributed by atoms with Gasteiger partial charge in [0.2, 0.25) is 0 Å². The van der Waals surface area contributed by atoms with Gasteiger partial charge in [0.05, 0.1) is 16.8 Å². The van der Waals surface area contributed by atoms with Crippen LogP contribution in [0.3, 0.4) is 0 Å². The molecule has 0 radical (unpaired) electrons. The lowest BCUT2D eigenvalue weighted by Gasteiger charge is -2.34. The quantitative estimate of drug-likeness (QED) is 0.123. The van der Waals surface area contributed by atoms with Crippen LogP contribution in [0.2, 0.25) is 0 Å². The molecule has 1 aliphatic rings. The third-order valence-corrected chi connectivity index (χ3v) is 11.0. The highest BCUT2D eigenvalue weighted by molar-refractivity contribution is 6.10. The number of nitrogen functional groups attached to an aromatic ring is 2. The molecule has 0 saturated heterocycles. The third-order valence-electron chi connectivity index (χ3n) is 11.0. The zero-order chi connectivity index (χ0) is 36.1. The second-order valence-corrected chi connectivity index (χ2v) is 13.9. The van der Waals surface area contributed by atoms with Gasteiger partial charge in [-0.1, -0.05) is 158 Å². The van der Waals surface area contributed by atoms with E-state index in [4.69, 9.17) is 11.5 Å². The molecule has 0 spiro atoms. The second-order valence-electron chi connectivity index (χ2n) is 13.9. The third kappa shape index (κ3) is 5.22. The molecule has 8 aromatic carbocycles. The summed E-state index contributed by atoms with van der Waals surface area (Å²) in [7, 11) is 0. The molecule has 0 bridgehead atoms. The number of ketones is 2. The fourth-order valence-electron chi connectivity index (χ4n) is 8.41. The average molecular weight is 685 g/mol. The normalized spacial score (nSPS) is 12.8. The number of anilines is 2. The van der Waals surface area contributed by atoms with Crippen LogP contribution < -0.4 is 11.5 Å². The number of carbonyl (C=O) groups is 2. The van der Waals surface area contributed by atoms with Crippen molar-refractivity contribution < 1.29 is 9.59 Å². The van der Waals surface area contributed by atoms with Crippen LogP contribution in [0.1, 0.15) is 54.1 Å². The van der Waals surface area contributed by atoms with Gasteiger partial charge in [-0.15, -0.1) is 0 Å². The highest BCUT2D eigenvalue weighted by Crippen LogP contribution is 2.56. The van der Waals surface area contributed by atoms with Gasteiger partial charge in [0.25, 0.3) is 0 Å². The molecule has 0 heterocycles. The molecule has 0 aromatic heterocycles. The SMILES string of the molecule is Nc1c(C(=O)Cc2ccc(C3(c4ccc(CC(=O)c5ccc6ccccc6c5N)cc4)c4ccccc4-c4ccccc43)cc2)ccc2ccccc12. The Kier molecular flexibility index (Phi) is 7.74. The number of benzene rings is 8. The van der Waals surface area contributed by atoms with Gasteiger partial charge in [-0.2, -0.15) is 0 Å². The first-order valence-corrected chi connectivity index (χ1v) is 17.9. The van der Waals surface area contributed by atoms with Crippen molar-refractivity contribution in [3.05, 3.63) is 214 Å². The summed E-state index contributed by atoms with van der Waals surface area (Å²) in [6.45, 7) is 0. The van der Waals surface area contributed by atoms with Gasteiger partial charge in [0, 0.05) is 34.7 Å². The largest absolute Gasteiger partial charge is 0.398 e. The van der Waals surface area contributed by atoms with Gasteiger partial charge in [-0.3, -0.25) is 9.59 Å². The summed E-state index contributed by atoms with van der Waals surface area (Å²) in [6.07, 6.45) is 0.487. The maximum absolute atomic E-state index is 13.6. The van der Waals surface area contributed by atoms with E-state index >= 15 is 0 Å². The predicted octanol–water partition coefficient (Wildman–Crippen LogP) is 10.4. The Hall–Kier alpha value is -6.78. The van der Waals surface area contributed by atoms with E-state index in [9.17, 15) is 9.59 Å². The lowest BCUT2D eigenvalue weighted by Crippen LogP contribution is -2.28. The summed E-state index contributed by atoms with van der Waals surface area (Å²) in [5.74, 6) is -0.0225. The van der Waals surface area contributed by atoms with Crippen LogP contribution >= 0.6 is 0 Å². The minimum atomic E-state index is -0.607. The molecule has 0 fully saturated rings. The summed E-state index contributed by atoms with van der Waals surface area (Å²) >= 11 is 0. The molecule has 0 aliphatic heterocycles. The summed E-state index contributed by atoms with van der Waals surface area (Å²) in [5, 5.41) is 3.81. The van der Waals surface area contributed by atoms with E-state index in [-0.39, 0.29) is 24.4 Å². The van der Waals surface area contributed by atoms with Crippen LogP contribution in [0.4, 0.5) is 11.4 Å². The first-order chi connectivity index (χ1) is 25.9. The Morgan fingerprint density at radius 2 is 0.792 bits per heavy atom. The molecule has 0 amide bonds. The molecular formula is C49H36N2O2. The predicted molar refractivity (Wildman–Crippen MR) is 217 cm³/mol. The molecule has 53 heavy (non-hydrogen) atoms. The lowest BCUT2D eigenvalue weighted by molar-refractivity contribution is 0.0985. The highest BCUT2D eigenvalue weighted by atomic mass is 16.1. The molecule has 1 aliphatic carbocycles. The van der Waals surface area contributed by atoms with E-state index in [1.165, 1.54) is 22.3 Å². The van der Waals surface area contributed by atoms with Crippen molar-refractivity contribution in [1.29, 1.82) is 0 Å². The molecule has 4 N–H and O–H groups in total. The summed E-state index contributed by atoms with van der Waals surface area (Å²) in [4.78, 5) is 27.2. The molecule has 9 rings (SSSR count). The number of hydrogen-bond donors (Lipinski definition) is 2. The maximum Gasteiger partial charge on any atom is 0.169 e. The van der Waals surface area contributed by atoms with Crippen molar-refractivity contribution in [3.63, 3.8) is 0 Å². The number of hydrogen-bond acceptors (Lipinski definition) is 4. The summed E-state index contributed by atoms with van der Waals surface area (Å²) in [5.41, 5.74) is 23.4. The van der Waals surface area contributed by atoms with E-state index in [0.717, 1.165) is 43.8 Å². The van der Waals surface area contributed by atoms with Gasteiger partial charge in [0.1, 0.15) is 0 Å². The zero-order valence-corrected chi connectivity index (χ0v) is 29.1. The van der Waals surface area contributed by atoms with Crippen molar-refractivity contribution in [3.8, 4) is 11.1 Å². The first-order valence-electron chi connectivity index (χ1n) is 17.9. The lowest BCUT2D eigenvalue weighted by atomic mass is 9.67. The molecule has 0 saturated carbocycles. The van der Waals surface area contributed by atoms with Crippen LogP contribution in [-0.4, -0.2) is 11.6 Å². The van der Waals surface area contributed by atoms with Crippen molar-refractivity contribution in [2.24, 2.45) is 0 Å². The Morgan fingerprint density at radius 3 is 1.23 bits per heavy atom. The summed E-state index contributed by atoms with van der Waals surface area (Å²) in [6, 6.07) is 57.4. The fraction of sp³-hybridized carbons (Fsp3) is 0.0612. The van der Waals surface area contributed by atoms with Gasteiger partial charge < -0.3 is 11.5 Å². The van der Waals surface area contributed by atoms with E-state index in [1.807, 2.05) is 72.8 Å². The number of Topliss-reactive ketones (excluding diaryl/α,β-unsaturated/α-hetero) is 2. The monoisotopic (exact) mass is 684 g/mol. The summed E-state index contributed by atoms with van der Waals surface area (Å²) < 4.78 is 0. The fourth-order valence-corrected chi connectivity index (χ4v) is 8.41. The van der Waals surface area contributed by atoms with Gasteiger partial charge in [-0.25, -0.2) is 0 Å². The maximum atomic E-state index is 13.6. The van der Waals surface area contributed by atoms with E-state index in [2.05, 4.69) is 97.1 Å². The Bertz CT molecular complexity index is 2540. The molecular weight excluding hydrogens is 649 g/mol. The van der Waals surface area contributed by atoms with E-state index < -0.39 is 5.41 Å². The van der Waals surface area contributed by atoms with Crippen LogP contribution in [-0.2, 0) is 18.3 Å². The standard InChI is InChI=1S/C49H36N2O2/c50-47-37-11-3-1-9-33(37)21-27-41(47)45(52)29-31-17-23-35(24-18-31)49(43-15-7-5-13-39(43)40-14-6-8-16-44(40)49)36-25-19-32(20-26-36)30-46(53)42-28-22-34-10-2-4-12-38(34)48(42)51/h1-28H,29-30,50-51H2. The van der Waals surface area contributed by atoms with Gasteiger partial charge >= 0.3 is 0 Å². The van der Waals surface area contributed by atoms with E-state index in [0.29, 0.717) is 22.5 Å². The molecule has 8 aromatic rings. The van der Waals surface area contributed by atoms with Crippen LogP contribution in [0, 0.1) is 0 Å². The van der Waals surface area contributed by atoms with Crippen LogP contribution in [0.5, 0.6) is 0 Å². The molecule has 4 heteroatoms. The van der Waals surface area contributed by atoms with Crippen molar-refractivity contribution in [2.75, 3.05) is 11.5 Å². The van der Waals surface area contributed by atoms with Crippen LogP contribution in [0.25, 0.3) is 32.7 Å². The second kappa shape index (κ2) is 12.8. The number of carbonyl (C=O) groups excluding carboxylic acids is 2. The zero-order valence-electron chi connectivity index (χ0n) is 29.1. The number of rotatable bonds is 8. The number of fused-ring (bicyclic) bond motifs is 5. The molecule has 254 valence electrons. The minimum absolute atomic E-state index is 0.0112. The van der Waals surface area contributed by atoms with Crippen LogP contribution in [0.15, 0.2) is 170 Å². The highest BCUT2D eigenvalue weighted by Gasteiger charge is 2.45. The van der Waals surface area contributed by atoms with E-state index in [1.54, 1.807) is 0 Å². The van der Waals surface area contributed by atoms with Gasteiger partial charge in [-0.05, 0) is 67.4 Å². The Balaban J connectivity index is 1.08. The Labute approximate surface area is 308 Å². The van der Waals surface area contributed by atoms with Crippen molar-refractivity contribution in [1.82, 2.24) is 0 Å². The van der Waals surface area contributed by atoms with Crippen molar-refractivity contribution in [2.45, 2.75) is 18.3 Å². The van der Waals surface area contributed by atoms with Gasteiger partial charge in [0.15, 0.2) is 11.6 Å². The first kappa shape index (κ1) is 32.1. The topological polar surface area (TPSA) is 86.2 Å². The Morgan fingerprint density at radius 1 is 0.415 bits per heavy atom.